The van der Waals surface area contributed by atoms with Crippen LogP contribution in [0.25, 0.3) is 0 Å². The summed E-state index contributed by atoms with van der Waals surface area (Å²) in [7, 11) is 0. The second-order valence-electron chi connectivity index (χ2n) is 0.912. The molecule has 0 aromatic carbocycles. The summed E-state index contributed by atoms with van der Waals surface area (Å²) in [5, 5.41) is 8.72. The van der Waals surface area contributed by atoms with Gasteiger partial charge in [0.1, 0.15) is 0 Å². The number of guanidine groups is 1. The number of nitrogens with two attached hydrogens (primary N) is 1. The minimum atomic E-state index is -0.205. The van der Waals surface area contributed by atoms with Gasteiger partial charge in [-0.1, -0.05) is 0 Å². The van der Waals surface area contributed by atoms with Crippen LogP contribution in [0.3, 0.4) is 0 Å². The molecule has 0 amide bonds. The average molecular weight is 100 g/mol. The number of hydrogen-bond acceptors (Lipinski definition) is 2. The van der Waals surface area contributed by atoms with E-state index in [-0.39, 0.29) is 12.5 Å². The van der Waals surface area contributed by atoms with E-state index in [4.69, 9.17) is 11.1 Å². The third-order valence-corrected chi connectivity index (χ3v) is 0.351. The van der Waals surface area contributed by atoms with Crippen molar-refractivity contribution < 1.29 is 4.79 Å². The zero-order valence-electron chi connectivity index (χ0n) is 3.69. The Morgan fingerprint density at radius 3 is 2.71 bits per heavy atom. The smallest absolute Gasteiger partial charge is 0.219 e. The van der Waals surface area contributed by atoms with Gasteiger partial charge in [-0.25, -0.2) is 0 Å². The first-order valence-electron chi connectivity index (χ1n) is 1.70. The molecule has 0 unspecified atom stereocenters. The fraction of sp³-hybridized carbons (Fsp3) is 0.333. The quantitative estimate of drug-likeness (QED) is 0.294. The number of carbonyl (C=O) groups excluding carboxylic acids is 1. The zero-order chi connectivity index (χ0) is 5.70. The lowest BCUT2D eigenvalue weighted by Gasteiger charge is -1.91. The molecule has 4 nitrogen and oxygen atoms in total. The van der Waals surface area contributed by atoms with E-state index in [2.05, 4.69) is 5.32 Å². The Morgan fingerprint density at radius 1 is 2.00 bits per heavy atom. The minimum Gasteiger partial charge on any atom is -0.370 e. The van der Waals surface area contributed by atoms with Crippen LogP contribution < -0.4 is 11.1 Å². The number of rotatable bonds is 2. The highest BCUT2D eigenvalue weighted by molar-refractivity contribution is 5.76. The maximum atomic E-state index is 9.37. The largest absolute Gasteiger partial charge is 0.370 e. The molecule has 0 heterocycles. The van der Waals surface area contributed by atoms with E-state index in [1.807, 2.05) is 0 Å². The summed E-state index contributed by atoms with van der Waals surface area (Å²) in [6.45, 7) is -0.00463. The van der Waals surface area contributed by atoms with E-state index in [1.54, 1.807) is 0 Å². The van der Waals surface area contributed by atoms with Crippen LogP contribution in [0.2, 0.25) is 0 Å². The van der Waals surface area contributed by atoms with Crippen molar-refractivity contribution in [3.63, 3.8) is 0 Å². The molecule has 0 aromatic rings. The Balaban J connectivity index is 2.97. The van der Waals surface area contributed by atoms with Crippen LogP contribution in [0, 0.1) is 5.41 Å². The van der Waals surface area contributed by atoms with Gasteiger partial charge in [0, 0.05) is 0 Å². The lowest BCUT2D eigenvalue weighted by Crippen LogP contribution is -2.31. The van der Waals surface area contributed by atoms with Crippen molar-refractivity contribution in [2.24, 2.45) is 5.73 Å². The summed E-state index contributed by atoms with van der Waals surface area (Å²) in [5.41, 5.74) is 4.77. The van der Waals surface area contributed by atoms with Gasteiger partial charge in [0.05, 0.1) is 6.54 Å². The van der Waals surface area contributed by atoms with Crippen LogP contribution in [-0.4, -0.2) is 18.8 Å². The van der Waals surface area contributed by atoms with E-state index >= 15 is 0 Å². The summed E-state index contributed by atoms with van der Waals surface area (Å²) < 4.78 is 0. The van der Waals surface area contributed by atoms with Crippen LogP contribution in [0.5, 0.6) is 0 Å². The first-order valence-corrected chi connectivity index (χ1v) is 1.70. The summed E-state index contributed by atoms with van der Waals surface area (Å²) >= 11 is 0. The van der Waals surface area contributed by atoms with E-state index < -0.39 is 0 Å². The summed E-state index contributed by atoms with van der Waals surface area (Å²) in [4.78, 5) is 9.37. The third-order valence-electron chi connectivity index (χ3n) is 0.351. The van der Waals surface area contributed by atoms with Crippen LogP contribution in [0.15, 0.2) is 0 Å². The molecule has 0 atom stereocenters. The molecule has 7 heavy (non-hydrogen) atoms. The topological polar surface area (TPSA) is 79.0 Å². The molecule has 1 radical (unpaired) electrons. The van der Waals surface area contributed by atoms with Crippen molar-refractivity contribution in [2.75, 3.05) is 6.54 Å². The van der Waals surface area contributed by atoms with Crippen molar-refractivity contribution >= 4 is 12.2 Å². The van der Waals surface area contributed by atoms with Gasteiger partial charge in [0.2, 0.25) is 6.29 Å². The highest BCUT2D eigenvalue weighted by atomic mass is 16.1. The zero-order valence-corrected chi connectivity index (χ0v) is 3.69. The molecular formula is C3H6N3O. The van der Waals surface area contributed by atoms with Crippen LogP contribution >= 0.6 is 0 Å². The van der Waals surface area contributed by atoms with E-state index in [9.17, 15) is 4.79 Å². The van der Waals surface area contributed by atoms with Gasteiger partial charge < -0.3 is 11.1 Å². The molecule has 0 fully saturated rings. The predicted molar refractivity (Wildman–Crippen MR) is 25.6 cm³/mol. The summed E-state index contributed by atoms with van der Waals surface area (Å²) in [6, 6.07) is 0. The fourth-order valence-corrected chi connectivity index (χ4v) is 0.131. The minimum absolute atomic E-state index is 0.00463. The van der Waals surface area contributed by atoms with Gasteiger partial charge in [0.15, 0.2) is 5.96 Å². The van der Waals surface area contributed by atoms with Crippen LogP contribution in [-0.2, 0) is 4.79 Å². The lowest BCUT2D eigenvalue weighted by atomic mass is 10.7. The number of hydrogen-bond donors (Lipinski definition) is 3. The van der Waals surface area contributed by atoms with Gasteiger partial charge in [-0.3, -0.25) is 10.2 Å². The Morgan fingerprint density at radius 2 is 2.57 bits per heavy atom. The van der Waals surface area contributed by atoms with Gasteiger partial charge in [-0.2, -0.15) is 0 Å². The highest BCUT2D eigenvalue weighted by Crippen LogP contribution is 1.44. The van der Waals surface area contributed by atoms with Gasteiger partial charge in [-0.15, -0.1) is 0 Å². The molecule has 0 saturated carbocycles. The Bertz CT molecular complexity index is 80.2. The lowest BCUT2D eigenvalue weighted by molar-refractivity contribution is 0.554. The second kappa shape index (κ2) is 3.14. The van der Waals surface area contributed by atoms with Crippen molar-refractivity contribution in [3.8, 4) is 0 Å². The van der Waals surface area contributed by atoms with Crippen molar-refractivity contribution in [1.29, 1.82) is 5.41 Å². The first kappa shape index (κ1) is 5.94. The molecule has 4 N–H and O–H groups in total. The molecular weight excluding hydrogens is 94.1 g/mol. The highest BCUT2D eigenvalue weighted by Gasteiger charge is 1.80. The van der Waals surface area contributed by atoms with E-state index in [0.29, 0.717) is 0 Å². The SMILES string of the molecule is N=C(N)NC[C]=O. The van der Waals surface area contributed by atoms with Crippen LogP contribution in [0.1, 0.15) is 0 Å². The maximum Gasteiger partial charge on any atom is 0.219 e. The Kier molecular flexibility index (Phi) is 2.67. The first-order chi connectivity index (χ1) is 3.27. The van der Waals surface area contributed by atoms with Crippen LogP contribution in [0.4, 0.5) is 0 Å². The van der Waals surface area contributed by atoms with Gasteiger partial charge >= 0.3 is 0 Å². The molecule has 0 rings (SSSR count). The normalized spacial score (nSPS) is 7.43. The Hall–Kier alpha value is -1.06. The molecule has 0 spiro atoms. The molecule has 0 aliphatic heterocycles. The second-order valence-corrected chi connectivity index (χ2v) is 0.912. The fourth-order valence-electron chi connectivity index (χ4n) is 0.131. The molecule has 0 aromatic heterocycles. The van der Waals surface area contributed by atoms with E-state index in [1.165, 1.54) is 6.29 Å². The summed E-state index contributed by atoms with van der Waals surface area (Å²) in [6.07, 6.45) is 1.52. The molecule has 0 saturated heterocycles. The van der Waals surface area contributed by atoms with Crippen molar-refractivity contribution in [3.05, 3.63) is 0 Å². The van der Waals surface area contributed by atoms with E-state index in [0.717, 1.165) is 0 Å². The molecule has 0 aliphatic carbocycles. The van der Waals surface area contributed by atoms with Crippen molar-refractivity contribution in [1.82, 2.24) is 5.32 Å². The van der Waals surface area contributed by atoms with Crippen molar-refractivity contribution in [2.45, 2.75) is 0 Å². The summed E-state index contributed by atoms with van der Waals surface area (Å²) in [5.74, 6) is -0.205. The maximum absolute atomic E-state index is 9.37. The Labute approximate surface area is 41.2 Å². The van der Waals surface area contributed by atoms with Gasteiger partial charge in [-0.05, 0) is 0 Å². The number of nitrogens with one attached hydrogen (secondary N) is 2. The monoisotopic (exact) mass is 100 g/mol. The van der Waals surface area contributed by atoms with Gasteiger partial charge in [0.25, 0.3) is 0 Å². The molecule has 0 aliphatic rings. The molecule has 39 valence electrons. The average Bonchev–Trinajstić information content (AvgIpc) is 1.61. The molecule has 0 bridgehead atoms. The third kappa shape index (κ3) is 4.94. The standard InChI is InChI=1S/C3H6N3O/c4-3(5)6-1-2-7/h1H2,(H4,4,5,6). The molecule has 4 heteroatoms. The predicted octanol–water partition coefficient (Wildman–Crippen LogP) is -1.42.